The second-order valence-electron chi connectivity index (χ2n) is 3.85. The highest BCUT2D eigenvalue weighted by Crippen LogP contribution is 2.12. The first-order valence-corrected chi connectivity index (χ1v) is 5.46. The predicted octanol–water partition coefficient (Wildman–Crippen LogP) is 1.48. The molecule has 88 valence electrons. The number of aromatic nitrogens is 1. The van der Waals surface area contributed by atoms with E-state index in [9.17, 15) is 4.79 Å². The van der Waals surface area contributed by atoms with E-state index in [1.54, 1.807) is 12.1 Å². The highest BCUT2D eigenvalue weighted by atomic mass is 35.5. The van der Waals surface area contributed by atoms with Gasteiger partial charge in [0.2, 0.25) is 0 Å². The Labute approximate surface area is 99.6 Å². The third kappa shape index (κ3) is 3.18. The number of carbonyl (C=O) groups is 1. The molecule has 1 atom stereocenters. The van der Waals surface area contributed by atoms with E-state index in [0.717, 1.165) is 0 Å². The van der Waals surface area contributed by atoms with E-state index in [1.807, 2.05) is 13.8 Å². The summed E-state index contributed by atoms with van der Waals surface area (Å²) in [4.78, 5) is 15.6. The van der Waals surface area contributed by atoms with Gasteiger partial charge in [0.1, 0.15) is 5.15 Å². The minimum absolute atomic E-state index is 0.0959. The van der Waals surface area contributed by atoms with Crippen molar-refractivity contribution in [3.63, 3.8) is 0 Å². The van der Waals surface area contributed by atoms with Crippen LogP contribution in [0.15, 0.2) is 18.3 Å². The molecule has 4 nitrogen and oxygen atoms in total. The Morgan fingerprint density at radius 3 is 2.81 bits per heavy atom. The molecule has 0 spiro atoms. The van der Waals surface area contributed by atoms with Crippen LogP contribution in [0.5, 0.6) is 0 Å². The molecule has 0 fully saturated rings. The largest absolute Gasteiger partial charge is 0.394 e. The zero-order chi connectivity index (χ0) is 12.1. The minimum Gasteiger partial charge on any atom is -0.394 e. The SMILES string of the molecule is CC(C)C(CO)NC(=O)c1cccnc1Cl. The third-order valence-corrected chi connectivity index (χ3v) is 2.62. The monoisotopic (exact) mass is 242 g/mol. The molecule has 0 bridgehead atoms. The van der Waals surface area contributed by atoms with Crippen LogP contribution in [-0.4, -0.2) is 28.6 Å². The van der Waals surface area contributed by atoms with Gasteiger partial charge in [-0.15, -0.1) is 0 Å². The summed E-state index contributed by atoms with van der Waals surface area (Å²) >= 11 is 5.79. The summed E-state index contributed by atoms with van der Waals surface area (Å²) in [6.07, 6.45) is 1.52. The van der Waals surface area contributed by atoms with Gasteiger partial charge in [-0.25, -0.2) is 4.98 Å². The zero-order valence-corrected chi connectivity index (χ0v) is 10.0. The van der Waals surface area contributed by atoms with Gasteiger partial charge in [-0.3, -0.25) is 4.79 Å². The molecule has 5 heteroatoms. The normalized spacial score (nSPS) is 12.6. The van der Waals surface area contributed by atoms with E-state index < -0.39 is 0 Å². The van der Waals surface area contributed by atoms with Crippen molar-refractivity contribution < 1.29 is 9.90 Å². The van der Waals surface area contributed by atoms with E-state index in [2.05, 4.69) is 10.3 Å². The highest BCUT2D eigenvalue weighted by molar-refractivity contribution is 6.32. The summed E-state index contributed by atoms with van der Waals surface area (Å²) in [6.45, 7) is 3.75. The van der Waals surface area contributed by atoms with Crippen molar-refractivity contribution in [2.75, 3.05) is 6.61 Å². The number of carbonyl (C=O) groups excluding carboxylic acids is 1. The molecule has 0 aromatic carbocycles. The van der Waals surface area contributed by atoms with E-state index in [-0.39, 0.29) is 29.6 Å². The van der Waals surface area contributed by atoms with Crippen LogP contribution in [0.4, 0.5) is 0 Å². The zero-order valence-electron chi connectivity index (χ0n) is 9.27. The maximum Gasteiger partial charge on any atom is 0.254 e. The van der Waals surface area contributed by atoms with Gasteiger partial charge in [-0.1, -0.05) is 25.4 Å². The predicted molar refractivity (Wildman–Crippen MR) is 62.4 cm³/mol. The summed E-state index contributed by atoms with van der Waals surface area (Å²) in [5.74, 6) is -0.157. The molecular weight excluding hydrogens is 228 g/mol. The Kier molecular flexibility index (Phi) is 4.71. The summed E-state index contributed by atoms with van der Waals surface area (Å²) in [5.41, 5.74) is 0.322. The lowest BCUT2D eigenvalue weighted by molar-refractivity contribution is 0.0896. The first kappa shape index (κ1) is 12.9. The smallest absolute Gasteiger partial charge is 0.254 e. The fourth-order valence-corrected chi connectivity index (χ4v) is 1.43. The van der Waals surface area contributed by atoms with Crippen LogP contribution in [0.2, 0.25) is 5.15 Å². The number of nitrogens with one attached hydrogen (secondary N) is 1. The molecular formula is C11H15ClN2O2. The van der Waals surface area contributed by atoms with Gasteiger partial charge in [0.05, 0.1) is 18.2 Å². The molecule has 0 aliphatic heterocycles. The van der Waals surface area contributed by atoms with Crippen LogP contribution in [0, 0.1) is 5.92 Å². The Morgan fingerprint density at radius 2 is 2.31 bits per heavy atom. The molecule has 1 rings (SSSR count). The number of hydrogen-bond donors (Lipinski definition) is 2. The van der Waals surface area contributed by atoms with Crippen LogP contribution in [0.3, 0.4) is 0 Å². The maximum absolute atomic E-state index is 11.8. The number of aliphatic hydroxyl groups excluding tert-OH is 1. The topological polar surface area (TPSA) is 62.2 Å². The lowest BCUT2D eigenvalue weighted by atomic mass is 10.1. The summed E-state index contributed by atoms with van der Waals surface area (Å²) < 4.78 is 0. The number of halogens is 1. The third-order valence-electron chi connectivity index (χ3n) is 2.32. The Balaban J connectivity index is 2.76. The lowest BCUT2D eigenvalue weighted by Gasteiger charge is -2.19. The number of aliphatic hydroxyl groups is 1. The fourth-order valence-electron chi connectivity index (χ4n) is 1.22. The van der Waals surface area contributed by atoms with Crippen molar-refractivity contribution >= 4 is 17.5 Å². The number of amides is 1. The number of nitrogens with zero attached hydrogens (tertiary/aromatic N) is 1. The number of rotatable bonds is 4. The summed E-state index contributed by atoms with van der Waals surface area (Å²) in [6, 6.07) is 2.97. The van der Waals surface area contributed by atoms with Gasteiger partial charge in [0.25, 0.3) is 5.91 Å². The summed E-state index contributed by atoms with van der Waals surface area (Å²) in [5, 5.41) is 12.0. The Hall–Kier alpha value is -1.13. The fraction of sp³-hybridized carbons (Fsp3) is 0.455. The number of hydrogen-bond acceptors (Lipinski definition) is 3. The quantitative estimate of drug-likeness (QED) is 0.787. The molecule has 1 amide bonds. The molecule has 1 unspecified atom stereocenters. The van der Waals surface area contributed by atoms with Crippen molar-refractivity contribution in [1.82, 2.24) is 10.3 Å². The molecule has 1 heterocycles. The first-order valence-electron chi connectivity index (χ1n) is 5.08. The van der Waals surface area contributed by atoms with E-state index in [1.165, 1.54) is 6.20 Å². The molecule has 0 radical (unpaired) electrons. The maximum atomic E-state index is 11.8. The van der Waals surface area contributed by atoms with Crippen LogP contribution in [0.1, 0.15) is 24.2 Å². The van der Waals surface area contributed by atoms with E-state index >= 15 is 0 Å². The second-order valence-corrected chi connectivity index (χ2v) is 4.21. The Bertz CT molecular complexity index is 369. The van der Waals surface area contributed by atoms with Gasteiger partial charge in [-0.05, 0) is 18.1 Å². The molecule has 16 heavy (non-hydrogen) atoms. The molecule has 1 aromatic rings. The lowest BCUT2D eigenvalue weighted by Crippen LogP contribution is -2.41. The van der Waals surface area contributed by atoms with Crippen LogP contribution >= 0.6 is 11.6 Å². The number of pyridine rings is 1. The molecule has 0 aliphatic carbocycles. The van der Waals surface area contributed by atoms with Gasteiger partial charge in [0.15, 0.2) is 0 Å². The standard InChI is InChI=1S/C11H15ClN2O2/c1-7(2)9(6-15)14-11(16)8-4-3-5-13-10(8)12/h3-5,7,9,15H,6H2,1-2H3,(H,14,16). The second kappa shape index (κ2) is 5.82. The van der Waals surface area contributed by atoms with E-state index in [0.29, 0.717) is 5.56 Å². The van der Waals surface area contributed by atoms with Gasteiger partial charge in [0, 0.05) is 6.20 Å². The molecule has 2 N–H and O–H groups in total. The minimum atomic E-state index is -0.314. The van der Waals surface area contributed by atoms with Crippen molar-refractivity contribution in [3.8, 4) is 0 Å². The van der Waals surface area contributed by atoms with Crippen LogP contribution in [-0.2, 0) is 0 Å². The van der Waals surface area contributed by atoms with Crippen molar-refractivity contribution in [1.29, 1.82) is 0 Å². The molecule has 1 aromatic heterocycles. The highest BCUT2D eigenvalue weighted by Gasteiger charge is 2.17. The van der Waals surface area contributed by atoms with Crippen molar-refractivity contribution in [2.24, 2.45) is 5.92 Å². The molecule has 0 saturated heterocycles. The van der Waals surface area contributed by atoms with E-state index in [4.69, 9.17) is 16.7 Å². The summed E-state index contributed by atoms with van der Waals surface area (Å²) in [7, 11) is 0. The van der Waals surface area contributed by atoms with Crippen LogP contribution < -0.4 is 5.32 Å². The van der Waals surface area contributed by atoms with Crippen molar-refractivity contribution in [2.45, 2.75) is 19.9 Å². The van der Waals surface area contributed by atoms with Gasteiger partial charge < -0.3 is 10.4 Å². The molecule has 0 aliphatic rings. The van der Waals surface area contributed by atoms with Crippen LogP contribution in [0.25, 0.3) is 0 Å². The first-order chi connectivity index (χ1) is 7.56. The van der Waals surface area contributed by atoms with Crippen molar-refractivity contribution in [3.05, 3.63) is 29.0 Å². The van der Waals surface area contributed by atoms with Gasteiger partial charge >= 0.3 is 0 Å². The average Bonchev–Trinajstić information content (AvgIpc) is 2.25. The van der Waals surface area contributed by atoms with Gasteiger partial charge in [-0.2, -0.15) is 0 Å². The Morgan fingerprint density at radius 1 is 1.62 bits per heavy atom. The average molecular weight is 243 g/mol. The molecule has 0 saturated carbocycles.